The Morgan fingerprint density at radius 3 is 2.40 bits per heavy atom. The average molecular weight is 212 g/mol. The van der Waals surface area contributed by atoms with Gasteiger partial charge in [0.25, 0.3) is 0 Å². The van der Waals surface area contributed by atoms with Crippen LogP contribution in [0.15, 0.2) is 0 Å². The second kappa shape index (κ2) is 4.97. The summed E-state index contributed by atoms with van der Waals surface area (Å²) in [4.78, 5) is 14.1. The summed E-state index contributed by atoms with van der Waals surface area (Å²) in [6, 6.07) is 0. The first-order valence-electron chi connectivity index (χ1n) is 6.11. The van der Waals surface area contributed by atoms with Crippen LogP contribution >= 0.6 is 0 Å². The first-order valence-corrected chi connectivity index (χ1v) is 6.11. The molecule has 1 rings (SSSR count). The number of hydrogen-bond donors (Lipinski definition) is 1. The standard InChI is InChI=1S/C12H24N2O/c1-4-10(3)9-14(5-2)11(15)12(13)7-6-8-12/h10H,4-9,13H2,1-3H3. The van der Waals surface area contributed by atoms with E-state index >= 15 is 0 Å². The monoisotopic (exact) mass is 212 g/mol. The van der Waals surface area contributed by atoms with Crippen molar-refractivity contribution >= 4 is 5.91 Å². The number of carbonyl (C=O) groups excluding carboxylic acids is 1. The maximum Gasteiger partial charge on any atom is 0.242 e. The maximum atomic E-state index is 12.1. The van der Waals surface area contributed by atoms with Gasteiger partial charge in [0.1, 0.15) is 0 Å². The van der Waals surface area contributed by atoms with E-state index in [0.717, 1.165) is 38.8 Å². The molecule has 1 atom stereocenters. The molecular weight excluding hydrogens is 188 g/mol. The Hall–Kier alpha value is -0.570. The van der Waals surface area contributed by atoms with E-state index in [4.69, 9.17) is 5.73 Å². The molecular formula is C12H24N2O. The molecule has 0 radical (unpaired) electrons. The molecule has 0 saturated heterocycles. The Kier molecular flexibility index (Phi) is 4.14. The van der Waals surface area contributed by atoms with Crippen LogP contribution in [0.5, 0.6) is 0 Å². The highest BCUT2D eigenvalue weighted by Crippen LogP contribution is 2.31. The molecule has 1 unspecified atom stereocenters. The van der Waals surface area contributed by atoms with Crippen LogP contribution in [0.1, 0.15) is 46.5 Å². The van der Waals surface area contributed by atoms with Crippen molar-refractivity contribution in [2.24, 2.45) is 11.7 Å². The molecule has 3 heteroatoms. The lowest BCUT2D eigenvalue weighted by molar-refractivity contribution is -0.140. The Morgan fingerprint density at radius 1 is 1.47 bits per heavy atom. The van der Waals surface area contributed by atoms with Crippen molar-refractivity contribution in [3.05, 3.63) is 0 Å². The molecule has 0 aliphatic heterocycles. The number of likely N-dealkylation sites (N-methyl/N-ethyl adjacent to an activating group) is 1. The Balaban J connectivity index is 2.54. The third-order valence-corrected chi connectivity index (χ3v) is 3.57. The van der Waals surface area contributed by atoms with Gasteiger partial charge in [0.05, 0.1) is 5.54 Å². The summed E-state index contributed by atoms with van der Waals surface area (Å²) in [6.07, 6.45) is 3.94. The van der Waals surface area contributed by atoms with Crippen molar-refractivity contribution in [2.75, 3.05) is 13.1 Å². The number of carbonyl (C=O) groups is 1. The van der Waals surface area contributed by atoms with Crippen LogP contribution in [0.4, 0.5) is 0 Å². The van der Waals surface area contributed by atoms with Crippen LogP contribution in [0, 0.1) is 5.92 Å². The third kappa shape index (κ3) is 2.71. The zero-order valence-corrected chi connectivity index (χ0v) is 10.3. The van der Waals surface area contributed by atoms with Crippen LogP contribution in [-0.2, 0) is 4.79 Å². The molecule has 1 amide bonds. The smallest absolute Gasteiger partial charge is 0.242 e. The fourth-order valence-electron chi connectivity index (χ4n) is 1.95. The summed E-state index contributed by atoms with van der Waals surface area (Å²) >= 11 is 0. The lowest BCUT2D eigenvalue weighted by atomic mass is 9.76. The van der Waals surface area contributed by atoms with Gasteiger partial charge in [-0.05, 0) is 32.1 Å². The number of nitrogens with zero attached hydrogens (tertiary/aromatic N) is 1. The van der Waals surface area contributed by atoms with Gasteiger partial charge in [0.15, 0.2) is 0 Å². The van der Waals surface area contributed by atoms with E-state index in [1.807, 2.05) is 11.8 Å². The van der Waals surface area contributed by atoms with Crippen LogP contribution in [0.2, 0.25) is 0 Å². The van der Waals surface area contributed by atoms with Crippen molar-refractivity contribution in [2.45, 2.75) is 52.0 Å². The van der Waals surface area contributed by atoms with Crippen LogP contribution in [0.3, 0.4) is 0 Å². The van der Waals surface area contributed by atoms with Crippen molar-refractivity contribution in [3.63, 3.8) is 0 Å². The number of hydrogen-bond acceptors (Lipinski definition) is 2. The SMILES string of the molecule is CCC(C)CN(CC)C(=O)C1(N)CCC1. The molecule has 2 N–H and O–H groups in total. The fourth-order valence-corrected chi connectivity index (χ4v) is 1.95. The maximum absolute atomic E-state index is 12.1. The summed E-state index contributed by atoms with van der Waals surface area (Å²) in [7, 11) is 0. The molecule has 15 heavy (non-hydrogen) atoms. The highest BCUT2D eigenvalue weighted by molar-refractivity contribution is 5.87. The summed E-state index contributed by atoms with van der Waals surface area (Å²) in [5.74, 6) is 0.731. The highest BCUT2D eigenvalue weighted by atomic mass is 16.2. The third-order valence-electron chi connectivity index (χ3n) is 3.57. The molecule has 88 valence electrons. The lowest BCUT2D eigenvalue weighted by Gasteiger charge is -2.40. The Labute approximate surface area is 93.0 Å². The second-order valence-electron chi connectivity index (χ2n) is 4.87. The highest BCUT2D eigenvalue weighted by Gasteiger charge is 2.42. The van der Waals surface area contributed by atoms with Crippen molar-refractivity contribution < 1.29 is 4.79 Å². The molecule has 0 aromatic rings. The van der Waals surface area contributed by atoms with Gasteiger partial charge < -0.3 is 10.6 Å². The number of amides is 1. The molecule has 3 nitrogen and oxygen atoms in total. The Morgan fingerprint density at radius 2 is 2.07 bits per heavy atom. The molecule has 0 spiro atoms. The summed E-state index contributed by atoms with van der Waals surface area (Å²) in [5, 5.41) is 0. The normalized spacial score (nSPS) is 20.5. The minimum absolute atomic E-state index is 0.163. The number of rotatable bonds is 5. The molecule has 0 aromatic heterocycles. The largest absolute Gasteiger partial charge is 0.341 e. The van der Waals surface area contributed by atoms with E-state index in [0.29, 0.717) is 5.92 Å². The van der Waals surface area contributed by atoms with E-state index in [9.17, 15) is 4.79 Å². The second-order valence-corrected chi connectivity index (χ2v) is 4.87. The van der Waals surface area contributed by atoms with Crippen molar-refractivity contribution in [1.82, 2.24) is 4.90 Å². The van der Waals surface area contributed by atoms with Crippen LogP contribution in [0.25, 0.3) is 0 Å². The van der Waals surface area contributed by atoms with Gasteiger partial charge in [0, 0.05) is 13.1 Å². The van der Waals surface area contributed by atoms with Crippen molar-refractivity contribution in [3.8, 4) is 0 Å². The van der Waals surface area contributed by atoms with Gasteiger partial charge >= 0.3 is 0 Å². The van der Waals surface area contributed by atoms with Gasteiger partial charge in [-0.15, -0.1) is 0 Å². The van der Waals surface area contributed by atoms with E-state index in [2.05, 4.69) is 13.8 Å². The van der Waals surface area contributed by atoms with E-state index < -0.39 is 5.54 Å². The van der Waals surface area contributed by atoms with E-state index in [1.54, 1.807) is 0 Å². The molecule has 0 aromatic carbocycles. The molecule has 1 aliphatic rings. The van der Waals surface area contributed by atoms with Crippen molar-refractivity contribution in [1.29, 1.82) is 0 Å². The van der Waals surface area contributed by atoms with E-state index in [-0.39, 0.29) is 5.91 Å². The summed E-state index contributed by atoms with van der Waals surface area (Å²) in [6.45, 7) is 8.00. The van der Waals surface area contributed by atoms with Gasteiger partial charge in [-0.3, -0.25) is 4.79 Å². The topological polar surface area (TPSA) is 46.3 Å². The lowest BCUT2D eigenvalue weighted by Crippen LogP contribution is -2.60. The zero-order chi connectivity index (χ0) is 11.5. The summed E-state index contributed by atoms with van der Waals surface area (Å²) in [5.41, 5.74) is 5.52. The van der Waals surface area contributed by atoms with Gasteiger partial charge in [-0.2, -0.15) is 0 Å². The Bertz CT molecular complexity index is 224. The molecule has 0 heterocycles. The minimum Gasteiger partial charge on any atom is -0.341 e. The summed E-state index contributed by atoms with van der Waals surface area (Å²) < 4.78 is 0. The van der Waals surface area contributed by atoms with Gasteiger partial charge in [-0.25, -0.2) is 0 Å². The minimum atomic E-state index is -0.524. The van der Waals surface area contributed by atoms with Gasteiger partial charge in [-0.1, -0.05) is 20.3 Å². The predicted octanol–water partition coefficient (Wildman–Crippen LogP) is 1.76. The molecule has 1 saturated carbocycles. The molecule has 1 aliphatic carbocycles. The number of nitrogens with two attached hydrogens (primary N) is 1. The first-order chi connectivity index (χ1) is 7.03. The quantitative estimate of drug-likeness (QED) is 0.755. The van der Waals surface area contributed by atoms with Gasteiger partial charge in [0.2, 0.25) is 5.91 Å². The average Bonchev–Trinajstić information content (AvgIpc) is 2.21. The van der Waals surface area contributed by atoms with Crippen LogP contribution < -0.4 is 5.73 Å². The van der Waals surface area contributed by atoms with Crippen LogP contribution in [-0.4, -0.2) is 29.4 Å². The first kappa shape index (κ1) is 12.5. The fraction of sp³-hybridized carbons (Fsp3) is 0.917. The zero-order valence-electron chi connectivity index (χ0n) is 10.3. The predicted molar refractivity (Wildman–Crippen MR) is 62.5 cm³/mol. The molecule has 1 fully saturated rings. The molecule has 0 bridgehead atoms. The van der Waals surface area contributed by atoms with E-state index in [1.165, 1.54) is 0 Å².